The molecule has 0 aliphatic rings. The SMILES string of the molecule is Cc1ncc(CNC(=O)c2cc(N/C(=C\N)C(F)F)c3ncc(-c4ccc(C)s4)n3c2)cn1. The van der Waals surface area contributed by atoms with Crippen molar-refractivity contribution in [3.63, 3.8) is 0 Å². The third kappa shape index (κ3) is 4.82. The van der Waals surface area contributed by atoms with E-state index < -0.39 is 18.0 Å². The molecule has 1 amide bonds. The van der Waals surface area contributed by atoms with Crippen LogP contribution in [0.2, 0.25) is 0 Å². The lowest BCUT2D eigenvalue weighted by Crippen LogP contribution is -2.24. The molecule has 0 fully saturated rings. The molecule has 0 saturated heterocycles. The Morgan fingerprint density at radius 1 is 1.21 bits per heavy atom. The Kier molecular flexibility index (Phi) is 6.31. The van der Waals surface area contributed by atoms with Crippen molar-refractivity contribution < 1.29 is 13.6 Å². The summed E-state index contributed by atoms with van der Waals surface area (Å²) in [6.07, 6.45) is 4.53. The van der Waals surface area contributed by atoms with E-state index in [2.05, 4.69) is 25.6 Å². The molecule has 0 radical (unpaired) electrons. The van der Waals surface area contributed by atoms with Gasteiger partial charge in [-0.05, 0) is 32.0 Å². The van der Waals surface area contributed by atoms with Crippen LogP contribution in [0.3, 0.4) is 0 Å². The minimum absolute atomic E-state index is 0.214. The number of aromatic nitrogens is 4. The Morgan fingerprint density at radius 3 is 2.61 bits per heavy atom. The minimum atomic E-state index is -2.82. The van der Waals surface area contributed by atoms with Gasteiger partial charge in [0.1, 0.15) is 5.82 Å². The number of carbonyl (C=O) groups is 1. The third-order valence-electron chi connectivity index (χ3n) is 4.84. The monoisotopic (exact) mass is 469 g/mol. The molecule has 0 atom stereocenters. The smallest absolute Gasteiger partial charge is 0.279 e. The molecule has 0 spiro atoms. The molecule has 0 saturated carbocycles. The molecule has 4 aromatic heterocycles. The average Bonchev–Trinajstić information content (AvgIpc) is 3.42. The van der Waals surface area contributed by atoms with E-state index in [0.29, 0.717) is 11.5 Å². The molecule has 4 rings (SSSR count). The third-order valence-corrected chi connectivity index (χ3v) is 5.87. The van der Waals surface area contributed by atoms with E-state index in [4.69, 9.17) is 5.73 Å². The van der Waals surface area contributed by atoms with Crippen molar-refractivity contribution in [1.82, 2.24) is 24.7 Å². The highest BCUT2D eigenvalue weighted by molar-refractivity contribution is 7.15. The van der Waals surface area contributed by atoms with Crippen LogP contribution in [0.1, 0.15) is 26.6 Å². The molecule has 0 aliphatic carbocycles. The number of pyridine rings is 1. The quantitative estimate of drug-likeness (QED) is 0.379. The van der Waals surface area contributed by atoms with E-state index in [1.54, 1.807) is 47.4 Å². The molecule has 0 aliphatic heterocycles. The summed E-state index contributed by atoms with van der Waals surface area (Å²) in [4.78, 5) is 27.6. The second-order valence-electron chi connectivity index (χ2n) is 7.26. The van der Waals surface area contributed by atoms with Crippen molar-refractivity contribution in [3.05, 3.63) is 76.7 Å². The predicted octanol–water partition coefficient (Wildman–Crippen LogP) is 3.88. The van der Waals surface area contributed by atoms with Gasteiger partial charge in [-0.3, -0.25) is 9.20 Å². The summed E-state index contributed by atoms with van der Waals surface area (Å²) in [5.41, 5.74) is 7.24. The van der Waals surface area contributed by atoms with Gasteiger partial charge < -0.3 is 16.4 Å². The lowest BCUT2D eigenvalue weighted by molar-refractivity contribution is 0.0950. The van der Waals surface area contributed by atoms with Gasteiger partial charge in [-0.25, -0.2) is 23.7 Å². The fraction of sp³-hybridized carbons (Fsp3) is 0.182. The highest BCUT2D eigenvalue weighted by Gasteiger charge is 2.19. The van der Waals surface area contributed by atoms with Gasteiger partial charge in [0.2, 0.25) is 0 Å². The Hall–Kier alpha value is -3.86. The maximum atomic E-state index is 13.3. The molecule has 11 heteroatoms. The lowest BCUT2D eigenvalue weighted by Gasteiger charge is -2.13. The molecule has 8 nitrogen and oxygen atoms in total. The van der Waals surface area contributed by atoms with Crippen LogP contribution in [-0.2, 0) is 6.54 Å². The first-order chi connectivity index (χ1) is 15.9. The summed E-state index contributed by atoms with van der Waals surface area (Å²) in [6, 6.07) is 5.40. The maximum Gasteiger partial charge on any atom is 0.279 e. The van der Waals surface area contributed by atoms with Crippen LogP contribution in [0.5, 0.6) is 0 Å². The lowest BCUT2D eigenvalue weighted by atomic mass is 10.2. The van der Waals surface area contributed by atoms with Gasteiger partial charge in [-0.1, -0.05) is 0 Å². The number of halogens is 2. The number of nitrogens with zero attached hydrogens (tertiary/aromatic N) is 4. The zero-order valence-electron chi connectivity index (χ0n) is 17.8. The Balaban J connectivity index is 1.73. The number of anilines is 1. The number of hydrogen-bond donors (Lipinski definition) is 3. The van der Waals surface area contributed by atoms with Gasteiger partial charge >= 0.3 is 0 Å². The molecule has 33 heavy (non-hydrogen) atoms. The van der Waals surface area contributed by atoms with Crippen molar-refractivity contribution in [2.24, 2.45) is 5.73 Å². The van der Waals surface area contributed by atoms with Crippen LogP contribution in [-0.4, -0.2) is 31.7 Å². The van der Waals surface area contributed by atoms with Crippen molar-refractivity contribution in [1.29, 1.82) is 0 Å². The highest BCUT2D eigenvalue weighted by Crippen LogP contribution is 2.31. The van der Waals surface area contributed by atoms with E-state index in [1.807, 2.05) is 19.1 Å². The Morgan fingerprint density at radius 2 is 1.97 bits per heavy atom. The molecule has 0 aromatic carbocycles. The zero-order valence-corrected chi connectivity index (χ0v) is 18.7. The number of imidazole rings is 1. The number of rotatable bonds is 7. The van der Waals surface area contributed by atoms with Crippen molar-refractivity contribution in [2.75, 3.05) is 5.32 Å². The van der Waals surface area contributed by atoms with Crippen molar-refractivity contribution in [3.8, 4) is 10.6 Å². The normalized spacial score (nSPS) is 11.8. The van der Waals surface area contributed by atoms with Gasteiger partial charge in [0.25, 0.3) is 12.3 Å². The van der Waals surface area contributed by atoms with Crippen LogP contribution in [0.25, 0.3) is 16.2 Å². The largest absolute Gasteiger partial charge is 0.403 e. The summed E-state index contributed by atoms with van der Waals surface area (Å²) in [5.74, 6) is 0.239. The van der Waals surface area contributed by atoms with E-state index >= 15 is 0 Å². The summed E-state index contributed by atoms with van der Waals surface area (Å²) >= 11 is 1.57. The number of fused-ring (bicyclic) bond motifs is 1. The van der Waals surface area contributed by atoms with Crippen LogP contribution >= 0.6 is 11.3 Å². The summed E-state index contributed by atoms with van der Waals surface area (Å²) < 4.78 is 28.4. The van der Waals surface area contributed by atoms with E-state index in [-0.39, 0.29) is 17.8 Å². The molecule has 170 valence electrons. The van der Waals surface area contributed by atoms with E-state index in [0.717, 1.165) is 27.2 Å². The van der Waals surface area contributed by atoms with Crippen LogP contribution in [0, 0.1) is 13.8 Å². The Bertz CT molecular complexity index is 1330. The summed E-state index contributed by atoms with van der Waals surface area (Å²) in [5, 5.41) is 5.43. The molecule has 0 bridgehead atoms. The number of alkyl halides is 2. The Labute approximate surface area is 192 Å². The van der Waals surface area contributed by atoms with E-state index in [1.165, 1.54) is 6.07 Å². The molecular formula is C22H21F2N7OS. The molecular weight excluding hydrogens is 448 g/mol. The second-order valence-corrected chi connectivity index (χ2v) is 8.55. The number of nitrogens with one attached hydrogen (secondary N) is 2. The van der Waals surface area contributed by atoms with Crippen LogP contribution in [0.15, 0.2) is 54.9 Å². The predicted molar refractivity (Wildman–Crippen MR) is 123 cm³/mol. The minimum Gasteiger partial charge on any atom is -0.403 e. The van der Waals surface area contributed by atoms with Gasteiger partial charge in [0, 0.05) is 41.8 Å². The average molecular weight is 470 g/mol. The number of allylic oxidation sites excluding steroid dienone is 1. The van der Waals surface area contributed by atoms with Gasteiger partial charge in [-0.2, -0.15) is 0 Å². The number of nitrogens with two attached hydrogens (primary N) is 1. The first kappa shape index (κ1) is 22.3. The van der Waals surface area contributed by atoms with Crippen molar-refractivity contribution in [2.45, 2.75) is 26.8 Å². The first-order valence-electron chi connectivity index (χ1n) is 9.96. The summed E-state index contributed by atoms with van der Waals surface area (Å²) in [6.45, 7) is 3.97. The zero-order chi connectivity index (χ0) is 23.5. The fourth-order valence-corrected chi connectivity index (χ4v) is 4.05. The standard InChI is InChI=1S/C22H21F2N7OS/c1-12-3-4-19(33-12)18-10-28-21-16(30-17(6-25)20(23)24)5-15(11-31(18)21)22(32)29-9-14-7-26-13(2)27-8-14/h3-8,10-11,20,30H,9,25H2,1-2H3,(H,29,32)/b17-6-. The molecule has 0 unspecified atom stereocenters. The molecule has 4 heterocycles. The number of amides is 1. The van der Waals surface area contributed by atoms with Crippen molar-refractivity contribution >= 4 is 28.6 Å². The van der Waals surface area contributed by atoms with Crippen LogP contribution < -0.4 is 16.4 Å². The van der Waals surface area contributed by atoms with Gasteiger partial charge in [-0.15, -0.1) is 11.3 Å². The maximum absolute atomic E-state index is 13.3. The first-order valence-corrected chi connectivity index (χ1v) is 10.8. The molecule has 4 aromatic rings. The molecule has 4 N–H and O–H groups in total. The highest BCUT2D eigenvalue weighted by atomic mass is 32.1. The van der Waals surface area contributed by atoms with E-state index in [9.17, 15) is 13.6 Å². The topological polar surface area (TPSA) is 110 Å². The van der Waals surface area contributed by atoms with Gasteiger partial charge in [0.05, 0.1) is 33.7 Å². The number of hydrogen-bond acceptors (Lipinski definition) is 7. The number of aryl methyl sites for hydroxylation is 2. The second kappa shape index (κ2) is 9.33. The number of thiophene rings is 1. The van der Waals surface area contributed by atoms with Crippen LogP contribution in [0.4, 0.5) is 14.5 Å². The van der Waals surface area contributed by atoms with Gasteiger partial charge in [0.15, 0.2) is 5.65 Å². The fourth-order valence-electron chi connectivity index (χ4n) is 3.18. The summed E-state index contributed by atoms with van der Waals surface area (Å²) in [7, 11) is 0. The number of carbonyl (C=O) groups excluding carboxylic acids is 1.